The summed E-state index contributed by atoms with van der Waals surface area (Å²) < 4.78 is 5.78. The van der Waals surface area contributed by atoms with Crippen LogP contribution in [0, 0.1) is 5.92 Å². The van der Waals surface area contributed by atoms with Crippen LogP contribution in [-0.4, -0.2) is 25.5 Å². The first-order valence-electron chi connectivity index (χ1n) is 10.7. The quantitative estimate of drug-likeness (QED) is 0.491. The molecule has 32 heavy (non-hydrogen) atoms. The van der Waals surface area contributed by atoms with E-state index in [-0.39, 0.29) is 11.8 Å². The Balaban J connectivity index is 1.77. The van der Waals surface area contributed by atoms with Crippen LogP contribution in [0.15, 0.2) is 90.6 Å². The Labute approximate surface area is 188 Å². The van der Waals surface area contributed by atoms with Crippen LogP contribution in [0.5, 0.6) is 5.75 Å². The van der Waals surface area contributed by atoms with E-state index in [1.165, 1.54) is 4.90 Å². The fourth-order valence-electron chi connectivity index (χ4n) is 3.66. The van der Waals surface area contributed by atoms with E-state index >= 15 is 0 Å². The summed E-state index contributed by atoms with van der Waals surface area (Å²) in [6.45, 7) is 4.79. The largest absolute Gasteiger partial charge is 0.493 e. The summed E-state index contributed by atoms with van der Waals surface area (Å²) in [5.74, 6) is 0.465. The van der Waals surface area contributed by atoms with E-state index < -0.39 is 0 Å². The number of benzene rings is 3. The highest BCUT2D eigenvalue weighted by Crippen LogP contribution is 2.36. The predicted molar refractivity (Wildman–Crippen MR) is 127 cm³/mol. The van der Waals surface area contributed by atoms with Gasteiger partial charge in [0.25, 0.3) is 11.8 Å². The molecular formula is C27H26N2O3. The summed E-state index contributed by atoms with van der Waals surface area (Å²) in [7, 11) is 1.81. The van der Waals surface area contributed by atoms with Gasteiger partial charge < -0.3 is 9.64 Å². The Hall–Kier alpha value is -3.86. The zero-order valence-corrected chi connectivity index (χ0v) is 18.5. The highest BCUT2D eigenvalue weighted by Gasteiger charge is 2.42. The lowest BCUT2D eigenvalue weighted by Gasteiger charge is -2.21. The van der Waals surface area contributed by atoms with Crippen LogP contribution in [0.4, 0.5) is 11.4 Å². The maximum absolute atomic E-state index is 13.6. The van der Waals surface area contributed by atoms with E-state index in [1.54, 1.807) is 17.0 Å². The molecule has 0 aromatic heterocycles. The minimum atomic E-state index is -0.345. The molecule has 0 saturated heterocycles. The molecule has 5 heteroatoms. The number of hydrogen-bond donors (Lipinski definition) is 0. The van der Waals surface area contributed by atoms with Gasteiger partial charge in [-0.3, -0.25) is 9.59 Å². The first kappa shape index (κ1) is 21.4. The Morgan fingerprint density at radius 2 is 1.41 bits per heavy atom. The molecule has 1 heterocycles. The van der Waals surface area contributed by atoms with Gasteiger partial charge in [0.05, 0.1) is 17.9 Å². The molecule has 2 amide bonds. The van der Waals surface area contributed by atoms with E-state index in [1.807, 2.05) is 79.8 Å². The van der Waals surface area contributed by atoms with Crippen LogP contribution in [0.3, 0.4) is 0 Å². The SMILES string of the molecule is CC(C)COc1ccc(C2=C(N(C)c3ccccc3)C(=O)N(c3ccccc3)C2=O)cc1. The second-order valence-corrected chi connectivity index (χ2v) is 8.13. The van der Waals surface area contributed by atoms with Crippen molar-refractivity contribution in [1.29, 1.82) is 0 Å². The maximum Gasteiger partial charge on any atom is 0.282 e. The van der Waals surface area contributed by atoms with Crippen molar-refractivity contribution in [3.63, 3.8) is 0 Å². The maximum atomic E-state index is 13.6. The van der Waals surface area contributed by atoms with Crippen molar-refractivity contribution >= 4 is 28.8 Å². The number of carbonyl (C=O) groups is 2. The molecule has 0 N–H and O–H groups in total. The van der Waals surface area contributed by atoms with Crippen molar-refractivity contribution in [3.8, 4) is 5.75 Å². The molecule has 0 spiro atoms. The topological polar surface area (TPSA) is 49.9 Å². The number of para-hydroxylation sites is 2. The van der Waals surface area contributed by atoms with E-state index in [4.69, 9.17) is 4.74 Å². The molecule has 3 aromatic rings. The number of likely N-dealkylation sites (N-methyl/N-ethyl adjacent to an activating group) is 1. The van der Waals surface area contributed by atoms with Gasteiger partial charge in [-0.1, -0.05) is 62.4 Å². The number of rotatable bonds is 7. The third-order valence-corrected chi connectivity index (χ3v) is 5.28. The Kier molecular flexibility index (Phi) is 6.08. The first-order chi connectivity index (χ1) is 15.5. The van der Waals surface area contributed by atoms with Crippen molar-refractivity contribution in [1.82, 2.24) is 0 Å². The lowest BCUT2D eigenvalue weighted by Crippen LogP contribution is -2.34. The summed E-state index contributed by atoms with van der Waals surface area (Å²) in [5, 5.41) is 0. The van der Waals surface area contributed by atoms with Crippen LogP contribution in [-0.2, 0) is 9.59 Å². The van der Waals surface area contributed by atoms with E-state index in [0.717, 1.165) is 11.4 Å². The van der Waals surface area contributed by atoms with Gasteiger partial charge in [0.15, 0.2) is 0 Å². The van der Waals surface area contributed by atoms with Gasteiger partial charge in [0.2, 0.25) is 0 Å². The normalized spacial score (nSPS) is 13.8. The number of hydrogen-bond acceptors (Lipinski definition) is 4. The van der Waals surface area contributed by atoms with E-state index in [2.05, 4.69) is 13.8 Å². The lowest BCUT2D eigenvalue weighted by molar-refractivity contribution is -0.120. The third-order valence-electron chi connectivity index (χ3n) is 5.28. The zero-order valence-electron chi connectivity index (χ0n) is 18.5. The first-order valence-corrected chi connectivity index (χ1v) is 10.7. The van der Waals surface area contributed by atoms with Gasteiger partial charge >= 0.3 is 0 Å². The molecule has 0 unspecified atom stereocenters. The van der Waals surface area contributed by atoms with Crippen molar-refractivity contribution in [2.45, 2.75) is 13.8 Å². The summed E-state index contributed by atoms with van der Waals surface area (Å²) >= 11 is 0. The molecule has 0 radical (unpaired) electrons. The molecule has 0 atom stereocenters. The third kappa shape index (κ3) is 4.14. The standard InChI is InChI=1S/C27H26N2O3/c1-19(2)18-32-23-16-14-20(15-17-23)24-25(28(3)21-10-6-4-7-11-21)27(31)29(26(24)30)22-12-8-5-9-13-22/h4-17,19H,18H2,1-3H3. The molecule has 5 nitrogen and oxygen atoms in total. The molecule has 0 saturated carbocycles. The Bertz CT molecular complexity index is 1140. The van der Waals surface area contributed by atoms with Crippen LogP contribution in [0.25, 0.3) is 5.57 Å². The summed E-state index contributed by atoms with van der Waals surface area (Å²) in [6.07, 6.45) is 0. The van der Waals surface area contributed by atoms with E-state index in [9.17, 15) is 9.59 Å². The number of carbonyl (C=O) groups excluding carboxylic acids is 2. The van der Waals surface area contributed by atoms with Crippen molar-refractivity contribution in [3.05, 3.63) is 96.2 Å². The van der Waals surface area contributed by atoms with Gasteiger partial charge in [-0.25, -0.2) is 4.90 Å². The fourth-order valence-corrected chi connectivity index (χ4v) is 3.66. The van der Waals surface area contributed by atoms with Crippen molar-refractivity contribution in [2.24, 2.45) is 5.92 Å². The average Bonchev–Trinajstić information content (AvgIpc) is 3.08. The lowest BCUT2D eigenvalue weighted by atomic mass is 10.0. The molecule has 0 bridgehead atoms. The van der Waals surface area contributed by atoms with Crippen LogP contribution in [0.1, 0.15) is 19.4 Å². The van der Waals surface area contributed by atoms with Gasteiger partial charge in [0, 0.05) is 12.7 Å². The van der Waals surface area contributed by atoms with Gasteiger partial charge in [-0.05, 0) is 47.9 Å². The highest BCUT2D eigenvalue weighted by atomic mass is 16.5. The number of nitrogens with zero attached hydrogens (tertiary/aromatic N) is 2. The number of anilines is 2. The molecular weight excluding hydrogens is 400 g/mol. The molecule has 0 aliphatic carbocycles. The summed E-state index contributed by atoms with van der Waals surface area (Å²) in [5.41, 5.74) is 2.78. The number of imide groups is 1. The molecule has 1 aliphatic rings. The molecule has 1 aliphatic heterocycles. The van der Waals surface area contributed by atoms with Crippen LogP contribution >= 0.6 is 0 Å². The Morgan fingerprint density at radius 1 is 0.812 bits per heavy atom. The minimum absolute atomic E-state index is 0.338. The Morgan fingerprint density at radius 3 is 2.00 bits per heavy atom. The zero-order chi connectivity index (χ0) is 22.7. The molecule has 3 aromatic carbocycles. The van der Waals surface area contributed by atoms with Gasteiger partial charge in [-0.2, -0.15) is 0 Å². The van der Waals surface area contributed by atoms with Gasteiger partial charge in [-0.15, -0.1) is 0 Å². The van der Waals surface area contributed by atoms with Crippen molar-refractivity contribution in [2.75, 3.05) is 23.5 Å². The second kappa shape index (κ2) is 9.10. The summed E-state index contributed by atoms with van der Waals surface area (Å²) in [6, 6.07) is 25.9. The van der Waals surface area contributed by atoms with Crippen molar-refractivity contribution < 1.29 is 14.3 Å². The minimum Gasteiger partial charge on any atom is -0.493 e. The van der Waals surface area contributed by atoms with Crippen LogP contribution in [0.2, 0.25) is 0 Å². The smallest absolute Gasteiger partial charge is 0.282 e. The van der Waals surface area contributed by atoms with Gasteiger partial charge in [0.1, 0.15) is 11.4 Å². The fraction of sp³-hybridized carbons (Fsp3) is 0.185. The van der Waals surface area contributed by atoms with Crippen LogP contribution < -0.4 is 14.5 Å². The van der Waals surface area contributed by atoms with E-state index in [0.29, 0.717) is 35.0 Å². The predicted octanol–water partition coefficient (Wildman–Crippen LogP) is 5.14. The highest BCUT2D eigenvalue weighted by molar-refractivity contribution is 6.46. The molecule has 0 fully saturated rings. The average molecular weight is 427 g/mol. The summed E-state index contributed by atoms with van der Waals surface area (Å²) in [4.78, 5) is 30.1. The molecule has 162 valence electrons. The monoisotopic (exact) mass is 426 g/mol. The number of ether oxygens (including phenoxy) is 1. The second-order valence-electron chi connectivity index (χ2n) is 8.13. The molecule has 4 rings (SSSR count). The number of amides is 2.